The third-order valence-corrected chi connectivity index (χ3v) is 5.44. The lowest BCUT2D eigenvalue weighted by molar-refractivity contribution is -0.152. The number of aromatic nitrogens is 3. The first-order chi connectivity index (χ1) is 13.2. The number of hydrogen-bond acceptors (Lipinski definition) is 5. The minimum absolute atomic E-state index is 0.147. The first-order valence-corrected chi connectivity index (χ1v) is 9.15. The molecule has 8 heteroatoms. The molecule has 3 heterocycles. The molecule has 1 aliphatic carbocycles. The molecule has 0 unspecified atom stereocenters. The predicted molar refractivity (Wildman–Crippen MR) is 103 cm³/mol. The van der Waals surface area contributed by atoms with Gasteiger partial charge in [0.25, 0.3) is 5.56 Å². The van der Waals surface area contributed by atoms with Crippen molar-refractivity contribution >= 4 is 29.4 Å². The summed E-state index contributed by atoms with van der Waals surface area (Å²) >= 11 is 6.07. The van der Waals surface area contributed by atoms with Crippen molar-refractivity contribution in [1.29, 1.82) is 0 Å². The number of fused-ring (bicyclic) bond motifs is 3. The number of nitrogens with zero attached hydrogens (tertiary/aromatic N) is 3. The summed E-state index contributed by atoms with van der Waals surface area (Å²) in [4.78, 5) is 40.3. The SMILES string of the molecule is CC(=O)O[C@H]1c2c(cc3c(=O)n(-c4nccc(Cl)c4C=O)ccn23)CC1(C)C. The fraction of sp³-hybridized carbons (Fsp3) is 0.300. The molecule has 28 heavy (non-hydrogen) atoms. The normalized spacial score (nSPS) is 17.5. The van der Waals surface area contributed by atoms with Crippen LogP contribution in [0, 0.1) is 5.41 Å². The van der Waals surface area contributed by atoms with E-state index < -0.39 is 6.10 Å². The summed E-state index contributed by atoms with van der Waals surface area (Å²) in [7, 11) is 0. The number of halogens is 1. The van der Waals surface area contributed by atoms with Gasteiger partial charge in [-0.25, -0.2) is 4.98 Å². The van der Waals surface area contributed by atoms with Gasteiger partial charge < -0.3 is 9.14 Å². The van der Waals surface area contributed by atoms with E-state index in [2.05, 4.69) is 4.98 Å². The average Bonchev–Trinajstić information content (AvgIpc) is 3.08. The fourth-order valence-corrected chi connectivity index (χ4v) is 4.11. The van der Waals surface area contributed by atoms with Crippen LogP contribution in [0.1, 0.15) is 48.5 Å². The van der Waals surface area contributed by atoms with Gasteiger partial charge in [0.1, 0.15) is 11.6 Å². The van der Waals surface area contributed by atoms with Crippen LogP contribution in [0.2, 0.25) is 5.02 Å². The number of pyridine rings is 1. The number of carbonyl (C=O) groups is 2. The minimum Gasteiger partial charge on any atom is -0.456 e. The zero-order chi connectivity index (χ0) is 20.2. The molecular weight excluding hydrogens is 382 g/mol. The lowest BCUT2D eigenvalue weighted by Crippen LogP contribution is -2.26. The highest BCUT2D eigenvalue weighted by molar-refractivity contribution is 6.33. The van der Waals surface area contributed by atoms with Crippen molar-refractivity contribution < 1.29 is 14.3 Å². The molecule has 0 bridgehead atoms. The van der Waals surface area contributed by atoms with Gasteiger partial charge in [-0.1, -0.05) is 25.4 Å². The van der Waals surface area contributed by atoms with Crippen molar-refractivity contribution in [2.45, 2.75) is 33.3 Å². The Morgan fingerprint density at radius 1 is 1.39 bits per heavy atom. The van der Waals surface area contributed by atoms with Crippen molar-refractivity contribution in [3.63, 3.8) is 0 Å². The molecule has 3 aromatic rings. The van der Waals surface area contributed by atoms with Crippen molar-refractivity contribution in [3.8, 4) is 5.82 Å². The molecular formula is C20H18ClN3O4. The molecule has 0 radical (unpaired) electrons. The third kappa shape index (κ3) is 2.65. The summed E-state index contributed by atoms with van der Waals surface area (Å²) in [6.45, 7) is 5.43. The highest BCUT2D eigenvalue weighted by Crippen LogP contribution is 2.48. The second-order valence-corrected chi connectivity index (χ2v) is 7.99. The first kappa shape index (κ1) is 18.4. The van der Waals surface area contributed by atoms with Gasteiger partial charge in [0.2, 0.25) is 0 Å². The van der Waals surface area contributed by atoms with Crippen molar-refractivity contribution in [2.24, 2.45) is 5.41 Å². The fourth-order valence-electron chi connectivity index (χ4n) is 3.92. The van der Waals surface area contributed by atoms with Gasteiger partial charge >= 0.3 is 5.97 Å². The maximum absolute atomic E-state index is 13.1. The Hall–Kier alpha value is -2.93. The van der Waals surface area contributed by atoms with Crippen LogP contribution in [-0.4, -0.2) is 26.2 Å². The number of ether oxygens (including phenoxy) is 1. The highest BCUT2D eigenvalue weighted by Gasteiger charge is 2.44. The maximum Gasteiger partial charge on any atom is 0.303 e. The number of hydrogen-bond donors (Lipinski definition) is 0. The molecule has 0 fully saturated rings. The van der Waals surface area contributed by atoms with E-state index in [9.17, 15) is 14.4 Å². The van der Waals surface area contributed by atoms with E-state index in [0.29, 0.717) is 18.2 Å². The maximum atomic E-state index is 13.1. The topological polar surface area (TPSA) is 82.7 Å². The number of aldehydes is 1. The van der Waals surface area contributed by atoms with Crippen LogP contribution in [0.4, 0.5) is 0 Å². The molecule has 4 rings (SSSR count). The van der Waals surface area contributed by atoms with Crippen molar-refractivity contribution in [1.82, 2.24) is 14.0 Å². The summed E-state index contributed by atoms with van der Waals surface area (Å²) in [5.41, 5.74) is 1.71. The Labute approximate surface area is 165 Å². The second-order valence-electron chi connectivity index (χ2n) is 7.59. The standard InChI is InChI=1S/C20H18ClN3O4/c1-11(26)28-17-16-12(9-20(17,2)3)8-15-19(27)24(7-6-23(15)16)18-13(10-25)14(21)4-5-22-18/h4-8,10,17H,9H2,1-3H3/t17-/m0/s1. The molecule has 0 N–H and O–H groups in total. The average molecular weight is 400 g/mol. The molecule has 0 aliphatic heterocycles. The van der Waals surface area contributed by atoms with Gasteiger partial charge in [0.05, 0.1) is 16.3 Å². The van der Waals surface area contributed by atoms with E-state index in [0.717, 1.165) is 11.3 Å². The quantitative estimate of drug-likeness (QED) is 0.499. The van der Waals surface area contributed by atoms with Crippen LogP contribution in [0.5, 0.6) is 0 Å². The van der Waals surface area contributed by atoms with Crippen LogP contribution in [0.3, 0.4) is 0 Å². The lowest BCUT2D eigenvalue weighted by Gasteiger charge is -2.27. The lowest BCUT2D eigenvalue weighted by atomic mass is 9.87. The Morgan fingerprint density at radius 3 is 2.82 bits per heavy atom. The van der Waals surface area contributed by atoms with Crippen LogP contribution < -0.4 is 5.56 Å². The Bertz CT molecular complexity index is 1190. The molecule has 1 atom stereocenters. The molecule has 0 spiro atoms. The van der Waals surface area contributed by atoms with Crippen LogP contribution in [0.25, 0.3) is 11.3 Å². The van der Waals surface area contributed by atoms with Gasteiger partial charge in [-0.05, 0) is 24.1 Å². The Balaban J connectivity index is 1.94. The summed E-state index contributed by atoms with van der Waals surface area (Å²) in [6.07, 6.45) is 5.50. The molecule has 0 aromatic carbocycles. The van der Waals surface area contributed by atoms with Crippen LogP contribution >= 0.6 is 11.6 Å². The molecule has 144 valence electrons. The number of rotatable bonds is 3. The highest BCUT2D eigenvalue weighted by atomic mass is 35.5. The number of carbonyl (C=O) groups excluding carboxylic acids is 2. The minimum atomic E-state index is -0.451. The molecule has 0 saturated carbocycles. The smallest absolute Gasteiger partial charge is 0.303 e. The third-order valence-electron chi connectivity index (χ3n) is 5.11. The summed E-state index contributed by atoms with van der Waals surface area (Å²) in [5.74, 6) is -0.193. The van der Waals surface area contributed by atoms with E-state index in [-0.39, 0.29) is 33.3 Å². The monoisotopic (exact) mass is 399 g/mol. The molecule has 3 aromatic heterocycles. The Kier molecular flexibility index (Phi) is 4.15. The van der Waals surface area contributed by atoms with Crippen molar-refractivity contribution in [2.75, 3.05) is 0 Å². The van der Waals surface area contributed by atoms with Gasteiger partial charge in [-0.15, -0.1) is 0 Å². The van der Waals surface area contributed by atoms with Gasteiger partial charge in [0, 0.05) is 30.9 Å². The second kappa shape index (κ2) is 6.31. The summed E-state index contributed by atoms with van der Waals surface area (Å²) < 4.78 is 8.63. The van der Waals surface area contributed by atoms with Crippen LogP contribution in [-0.2, 0) is 16.0 Å². The Morgan fingerprint density at radius 2 is 2.14 bits per heavy atom. The molecule has 0 saturated heterocycles. The zero-order valence-electron chi connectivity index (χ0n) is 15.6. The molecule has 1 aliphatic rings. The zero-order valence-corrected chi connectivity index (χ0v) is 16.4. The van der Waals surface area contributed by atoms with E-state index in [1.807, 2.05) is 19.9 Å². The van der Waals surface area contributed by atoms with Gasteiger partial charge in [-0.3, -0.25) is 19.0 Å². The van der Waals surface area contributed by atoms with E-state index in [1.54, 1.807) is 10.6 Å². The first-order valence-electron chi connectivity index (χ1n) is 8.77. The summed E-state index contributed by atoms with van der Waals surface area (Å²) in [5, 5.41) is 0.223. The van der Waals surface area contributed by atoms with Crippen molar-refractivity contribution in [3.05, 3.63) is 62.9 Å². The van der Waals surface area contributed by atoms with Gasteiger partial charge in [0.15, 0.2) is 12.1 Å². The van der Waals surface area contributed by atoms with Crippen LogP contribution in [0.15, 0.2) is 35.5 Å². The number of esters is 1. The molecule has 7 nitrogen and oxygen atoms in total. The van der Waals surface area contributed by atoms with Gasteiger partial charge in [-0.2, -0.15) is 0 Å². The van der Waals surface area contributed by atoms with E-state index in [1.165, 1.54) is 30.0 Å². The van der Waals surface area contributed by atoms with E-state index >= 15 is 0 Å². The largest absolute Gasteiger partial charge is 0.456 e. The summed E-state index contributed by atoms with van der Waals surface area (Å²) in [6, 6.07) is 3.31. The molecule has 0 amide bonds. The van der Waals surface area contributed by atoms with E-state index in [4.69, 9.17) is 16.3 Å². The predicted octanol–water partition coefficient (Wildman–Crippen LogP) is 3.14.